The number of ether oxygens (including phenoxy) is 1. The van der Waals surface area contributed by atoms with Crippen molar-refractivity contribution in [3.05, 3.63) is 63.1 Å². The van der Waals surface area contributed by atoms with E-state index in [0.29, 0.717) is 22.7 Å². The molecule has 1 atom stereocenters. The summed E-state index contributed by atoms with van der Waals surface area (Å²) in [4.78, 5) is 11.0. The van der Waals surface area contributed by atoms with Crippen molar-refractivity contribution in [1.29, 1.82) is 0 Å². The van der Waals surface area contributed by atoms with Gasteiger partial charge in [0.2, 0.25) is 0 Å². The molecule has 1 saturated heterocycles. The van der Waals surface area contributed by atoms with Gasteiger partial charge in [0.05, 0.1) is 0 Å². The van der Waals surface area contributed by atoms with Crippen LogP contribution in [0.15, 0.2) is 36.4 Å². The Hall–Kier alpha value is -1.75. The Morgan fingerprint density at radius 3 is 2.43 bits per heavy atom. The number of aryl methyl sites for hydroxylation is 1. The van der Waals surface area contributed by atoms with Gasteiger partial charge in [-0.15, -0.1) is 0 Å². The van der Waals surface area contributed by atoms with Gasteiger partial charge < -0.3 is 9.84 Å². The highest BCUT2D eigenvalue weighted by Gasteiger charge is 2.29. The summed E-state index contributed by atoms with van der Waals surface area (Å²) in [5.74, 6) is 0.895. The molecule has 1 N–H and O–H groups in total. The normalized spacial score (nSPS) is 17.9. The molecule has 0 bridgehead atoms. The second kappa shape index (κ2) is 10.7. The van der Waals surface area contributed by atoms with Crippen molar-refractivity contribution in [2.75, 3.05) is 13.1 Å². The van der Waals surface area contributed by atoms with E-state index in [1.165, 1.54) is 43.5 Å². The van der Waals surface area contributed by atoms with E-state index in [0.717, 1.165) is 17.7 Å². The standard InChI is InChI=1S/C20H21Cl2NO.CH2O2.CH4/c21-18-4-3-5-19(22)17(18)13-24-15-7-8-16-14(12-15)6-9-20(16)23-10-1-2-11-23;2-1-3;/h3-5,7-8,12,20H,1-2,6,9-11,13H2;1H,(H,2,3);1H4. The van der Waals surface area contributed by atoms with Crippen LogP contribution < -0.4 is 4.74 Å². The first-order valence-corrected chi connectivity index (χ1v) is 9.90. The number of likely N-dealkylation sites (tertiary alicyclic amines) is 1. The van der Waals surface area contributed by atoms with Gasteiger partial charge in [-0.2, -0.15) is 0 Å². The lowest BCUT2D eigenvalue weighted by atomic mass is 10.1. The summed E-state index contributed by atoms with van der Waals surface area (Å²) >= 11 is 12.4. The van der Waals surface area contributed by atoms with Gasteiger partial charge in [-0.3, -0.25) is 9.69 Å². The third-order valence-corrected chi connectivity index (χ3v) is 5.90. The number of halogens is 2. The zero-order valence-corrected chi connectivity index (χ0v) is 16.5. The molecule has 0 spiro atoms. The lowest BCUT2D eigenvalue weighted by Gasteiger charge is -2.24. The predicted octanol–water partition coefficient (Wildman–Crippen LogP) is 5.99. The number of carbonyl (C=O) groups is 1. The number of rotatable bonds is 4. The summed E-state index contributed by atoms with van der Waals surface area (Å²) < 4.78 is 5.96. The number of nitrogens with zero attached hydrogens (tertiary/aromatic N) is 1. The van der Waals surface area contributed by atoms with E-state index in [-0.39, 0.29) is 13.9 Å². The van der Waals surface area contributed by atoms with Gasteiger partial charge in [0.25, 0.3) is 6.47 Å². The Kier molecular flexibility index (Phi) is 8.61. The van der Waals surface area contributed by atoms with Crippen molar-refractivity contribution in [2.45, 2.75) is 45.8 Å². The van der Waals surface area contributed by atoms with Crippen LogP contribution in [0.2, 0.25) is 10.0 Å². The fraction of sp³-hybridized carbons (Fsp3) is 0.409. The average molecular weight is 424 g/mol. The minimum atomic E-state index is -0.250. The number of carboxylic acid groups (broad SMARTS) is 1. The molecule has 2 aromatic carbocycles. The molecule has 1 fully saturated rings. The van der Waals surface area contributed by atoms with E-state index in [9.17, 15) is 0 Å². The molecule has 1 unspecified atom stereocenters. The summed E-state index contributed by atoms with van der Waals surface area (Å²) in [6, 6.07) is 12.7. The van der Waals surface area contributed by atoms with Gasteiger partial charge in [-0.05, 0) is 74.2 Å². The van der Waals surface area contributed by atoms with Crippen molar-refractivity contribution in [2.24, 2.45) is 0 Å². The maximum Gasteiger partial charge on any atom is 0.290 e. The van der Waals surface area contributed by atoms with Crippen LogP contribution in [0.1, 0.15) is 49.4 Å². The Balaban J connectivity index is 0.000000660. The largest absolute Gasteiger partial charge is 0.489 e. The summed E-state index contributed by atoms with van der Waals surface area (Å²) in [7, 11) is 0. The average Bonchev–Trinajstić information content (AvgIpc) is 3.31. The first-order chi connectivity index (χ1) is 13.1. The minimum Gasteiger partial charge on any atom is -0.489 e. The van der Waals surface area contributed by atoms with E-state index < -0.39 is 0 Å². The molecule has 28 heavy (non-hydrogen) atoms. The number of hydrogen-bond acceptors (Lipinski definition) is 3. The van der Waals surface area contributed by atoms with Gasteiger partial charge in [0.15, 0.2) is 0 Å². The van der Waals surface area contributed by atoms with Crippen molar-refractivity contribution in [3.8, 4) is 5.75 Å². The molecule has 4 nitrogen and oxygen atoms in total. The Labute approximate surface area is 177 Å². The van der Waals surface area contributed by atoms with Crippen LogP contribution in [-0.4, -0.2) is 29.6 Å². The molecule has 0 saturated carbocycles. The van der Waals surface area contributed by atoms with E-state index in [1.807, 2.05) is 18.2 Å². The smallest absolute Gasteiger partial charge is 0.290 e. The van der Waals surface area contributed by atoms with E-state index in [4.69, 9.17) is 37.8 Å². The van der Waals surface area contributed by atoms with E-state index in [1.54, 1.807) is 0 Å². The predicted molar refractivity (Wildman–Crippen MR) is 115 cm³/mol. The van der Waals surface area contributed by atoms with Crippen LogP contribution in [0.3, 0.4) is 0 Å². The maximum absolute atomic E-state index is 8.36. The third kappa shape index (κ3) is 5.19. The van der Waals surface area contributed by atoms with Gasteiger partial charge in [-0.1, -0.05) is 42.8 Å². The van der Waals surface area contributed by atoms with Crippen molar-refractivity contribution in [3.63, 3.8) is 0 Å². The van der Waals surface area contributed by atoms with Gasteiger partial charge >= 0.3 is 0 Å². The second-order valence-electron chi connectivity index (χ2n) is 6.75. The van der Waals surface area contributed by atoms with E-state index in [2.05, 4.69) is 23.1 Å². The lowest BCUT2D eigenvalue weighted by Crippen LogP contribution is -2.23. The molecular weight excluding hydrogens is 397 g/mol. The zero-order valence-electron chi connectivity index (χ0n) is 15.0. The molecule has 152 valence electrons. The fourth-order valence-corrected chi connectivity index (χ4v) is 4.43. The van der Waals surface area contributed by atoms with Crippen molar-refractivity contribution < 1.29 is 14.6 Å². The maximum atomic E-state index is 8.36. The van der Waals surface area contributed by atoms with Crippen LogP contribution in [0.4, 0.5) is 0 Å². The number of fused-ring (bicyclic) bond motifs is 1. The van der Waals surface area contributed by atoms with Crippen LogP contribution in [0.5, 0.6) is 5.75 Å². The van der Waals surface area contributed by atoms with Crippen LogP contribution in [0, 0.1) is 0 Å². The highest BCUT2D eigenvalue weighted by Crippen LogP contribution is 2.39. The molecule has 1 aliphatic carbocycles. The summed E-state index contributed by atoms with van der Waals surface area (Å²) in [5, 5.41) is 8.19. The van der Waals surface area contributed by atoms with Gasteiger partial charge in [-0.25, -0.2) is 0 Å². The Morgan fingerprint density at radius 1 is 1.14 bits per heavy atom. The molecule has 1 heterocycles. The first kappa shape index (κ1) is 22.5. The molecule has 2 aliphatic rings. The molecule has 4 rings (SSSR count). The van der Waals surface area contributed by atoms with Gasteiger partial charge in [0.1, 0.15) is 12.4 Å². The molecule has 0 aromatic heterocycles. The highest BCUT2D eigenvalue weighted by atomic mass is 35.5. The summed E-state index contributed by atoms with van der Waals surface area (Å²) in [6.07, 6.45) is 5.05. The zero-order chi connectivity index (χ0) is 19.2. The molecule has 0 radical (unpaired) electrons. The van der Waals surface area contributed by atoms with Crippen LogP contribution >= 0.6 is 23.2 Å². The molecule has 1 aliphatic heterocycles. The van der Waals surface area contributed by atoms with Crippen LogP contribution in [0.25, 0.3) is 0 Å². The first-order valence-electron chi connectivity index (χ1n) is 9.14. The summed E-state index contributed by atoms with van der Waals surface area (Å²) in [5.41, 5.74) is 3.76. The SMILES string of the molecule is C.Clc1cccc(Cl)c1COc1ccc2c(c1)CCC2N1CCCC1.O=CO. The molecule has 6 heteroatoms. The lowest BCUT2D eigenvalue weighted by molar-refractivity contribution is -0.122. The topological polar surface area (TPSA) is 49.8 Å². The van der Waals surface area contributed by atoms with Gasteiger partial charge in [0, 0.05) is 21.7 Å². The highest BCUT2D eigenvalue weighted by molar-refractivity contribution is 6.35. The molecule has 0 amide bonds. The molecular formula is C22H27Cl2NO3. The second-order valence-corrected chi connectivity index (χ2v) is 7.57. The quantitative estimate of drug-likeness (QED) is 0.613. The van der Waals surface area contributed by atoms with Crippen molar-refractivity contribution >= 4 is 29.7 Å². The number of benzene rings is 2. The monoisotopic (exact) mass is 423 g/mol. The third-order valence-electron chi connectivity index (χ3n) is 5.19. The minimum absolute atomic E-state index is 0. The fourth-order valence-electron chi connectivity index (χ4n) is 3.92. The summed E-state index contributed by atoms with van der Waals surface area (Å²) in [6.45, 7) is 2.63. The molecule has 2 aromatic rings. The van der Waals surface area contributed by atoms with Crippen LogP contribution in [-0.2, 0) is 17.8 Å². The Bertz CT molecular complexity index is 771. The Morgan fingerprint density at radius 2 is 1.79 bits per heavy atom. The number of hydrogen-bond donors (Lipinski definition) is 1. The van der Waals surface area contributed by atoms with E-state index >= 15 is 0 Å². The van der Waals surface area contributed by atoms with Crippen molar-refractivity contribution in [1.82, 2.24) is 4.90 Å².